The van der Waals surface area contributed by atoms with Gasteiger partial charge in [0.05, 0.1) is 11.8 Å². The van der Waals surface area contributed by atoms with Crippen LogP contribution in [0.25, 0.3) is 0 Å². The molecule has 0 saturated carbocycles. The van der Waals surface area contributed by atoms with Crippen molar-refractivity contribution in [3.63, 3.8) is 0 Å². The topological polar surface area (TPSA) is 79.9 Å². The number of hydrogen-bond donors (Lipinski definition) is 1. The first-order chi connectivity index (χ1) is 11.2. The van der Waals surface area contributed by atoms with Crippen LogP contribution in [0.1, 0.15) is 54.4 Å². The second kappa shape index (κ2) is 6.71. The van der Waals surface area contributed by atoms with E-state index < -0.39 is 0 Å². The quantitative estimate of drug-likeness (QED) is 0.859. The summed E-state index contributed by atoms with van der Waals surface area (Å²) in [4.78, 5) is 12.6. The average molecular weight is 316 g/mol. The molecule has 0 radical (unpaired) electrons. The second-order valence-electron chi connectivity index (χ2n) is 6.57. The van der Waals surface area contributed by atoms with E-state index in [1.54, 1.807) is 0 Å². The molecule has 0 aromatic carbocycles. The van der Waals surface area contributed by atoms with Gasteiger partial charge in [-0.1, -0.05) is 0 Å². The van der Waals surface area contributed by atoms with Crippen molar-refractivity contribution in [3.05, 3.63) is 17.0 Å². The van der Waals surface area contributed by atoms with E-state index in [0.29, 0.717) is 19.5 Å². The second-order valence-corrected chi connectivity index (χ2v) is 6.57. The molecule has 1 spiro atoms. The van der Waals surface area contributed by atoms with Crippen molar-refractivity contribution in [3.8, 4) is 6.07 Å². The number of carbonyl (C=O) groups excluding carboxylic acids is 1. The number of ether oxygens (including phenoxy) is 1. The fraction of sp³-hybridized carbons (Fsp3) is 0.706. The number of amides is 1. The average Bonchev–Trinajstić information content (AvgIpc) is 2.84. The maximum atomic E-state index is 12.6. The molecular weight excluding hydrogens is 292 g/mol. The molecule has 1 fully saturated rings. The number of nitrogens with one attached hydrogen (secondary N) is 1. The minimum Gasteiger partial charge on any atom is -0.381 e. The van der Waals surface area contributed by atoms with Crippen LogP contribution < -0.4 is 5.32 Å². The van der Waals surface area contributed by atoms with Crippen molar-refractivity contribution in [2.75, 3.05) is 19.8 Å². The van der Waals surface area contributed by atoms with E-state index in [9.17, 15) is 4.79 Å². The van der Waals surface area contributed by atoms with Gasteiger partial charge in [0, 0.05) is 38.3 Å². The Labute approximate surface area is 136 Å². The van der Waals surface area contributed by atoms with Gasteiger partial charge in [0.25, 0.3) is 5.91 Å². The third-order valence-electron chi connectivity index (χ3n) is 5.08. The number of rotatable bonds is 4. The van der Waals surface area contributed by atoms with Crippen molar-refractivity contribution >= 4 is 5.91 Å². The predicted octanol–water partition coefficient (Wildman–Crippen LogP) is 1.83. The van der Waals surface area contributed by atoms with Gasteiger partial charge in [-0.3, -0.25) is 9.48 Å². The highest BCUT2D eigenvalue weighted by Gasteiger charge is 2.39. The van der Waals surface area contributed by atoms with Gasteiger partial charge < -0.3 is 10.1 Å². The molecule has 2 aliphatic rings. The smallest absolute Gasteiger partial charge is 0.269 e. The number of nitrogens with zero attached hydrogens (tertiary/aromatic N) is 3. The Bertz CT molecular complexity index is 623. The zero-order chi connectivity index (χ0) is 16.3. The molecule has 0 aliphatic carbocycles. The van der Waals surface area contributed by atoms with Crippen LogP contribution in [0.3, 0.4) is 0 Å². The van der Waals surface area contributed by atoms with Crippen molar-refractivity contribution in [2.24, 2.45) is 5.41 Å². The van der Waals surface area contributed by atoms with Crippen LogP contribution in [-0.4, -0.2) is 35.4 Å². The fourth-order valence-corrected chi connectivity index (χ4v) is 3.70. The van der Waals surface area contributed by atoms with Gasteiger partial charge in [-0.25, -0.2) is 0 Å². The molecule has 1 aromatic heterocycles. The number of carbonyl (C=O) groups is 1. The van der Waals surface area contributed by atoms with Gasteiger partial charge in [-0.15, -0.1) is 0 Å². The third-order valence-corrected chi connectivity index (χ3v) is 5.08. The van der Waals surface area contributed by atoms with E-state index in [4.69, 9.17) is 10.00 Å². The lowest BCUT2D eigenvalue weighted by Crippen LogP contribution is -2.40. The van der Waals surface area contributed by atoms with Gasteiger partial charge >= 0.3 is 0 Å². The van der Waals surface area contributed by atoms with E-state index in [-0.39, 0.29) is 11.3 Å². The Hall–Kier alpha value is -1.87. The van der Waals surface area contributed by atoms with Crippen LogP contribution in [0.5, 0.6) is 0 Å². The highest BCUT2D eigenvalue weighted by Crippen LogP contribution is 2.37. The van der Waals surface area contributed by atoms with Gasteiger partial charge in [-0.2, -0.15) is 10.4 Å². The van der Waals surface area contributed by atoms with E-state index in [1.165, 1.54) is 0 Å². The number of fused-ring (bicyclic) bond motifs is 1. The number of nitriles is 1. The number of aromatic nitrogens is 2. The summed E-state index contributed by atoms with van der Waals surface area (Å²) in [6.45, 7) is 4.93. The lowest BCUT2D eigenvalue weighted by atomic mass is 9.75. The normalized spacial score (nSPS) is 19.7. The van der Waals surface area contributed by atoms with E-state index in [2.05, 4.69) is 16.5 Å². The first-order valence-corrected chi connectivity index (χ1v) is 8.50. The summed E-state index contributed by atoms with van der Waals surface area (Å²) in [6, 6.07) is 2.19. The summed E-state index contributed by atoms with van der Waals surface area (Å²) in [5.74, 6) is -0.00995. The maximum Gasteiger partial charge on any atom is 0.269 e. The summed E-state index contributed by atoms with van der Waals surface area (Å²) in [5, 5.41) is 16.5. The summed E-state index contributed by atoms with van der Waals surface area (Å²) in [7, 11) is 0. The lowest BCUT2D eigenvalue weighted by molar-refractivity contribution is 0.0160. The zero-order valence-electron chi connectivity index (χ0n) is 13.7. The molecule has 0 unspecified atom stereocenters. The molecule has 3 heterocycles. The standard InChI is InChI=1S/C17H24N4O2/c1-2-21-15-13(14(20-21)5-3-4-8-18)11-17(12-19-16(15)22)6-9-23-10-7-17/h2-7,9-12H2,1H3,(H,19,22). The maximum absolute atomic E-state index is 12.6. The number of aryl methyl sites for hydroxylation is 2. The van der Waals surface area contributed by atoms with Crippen LogP contribution in [0, 0.1) is 16.7 Å². The molecular formula is C17H24N4O2. The Morgan fingerprint density at radius 1 is 1.43 bits per heavy atom. The molecule has 124 valence electrons. The molecule has 1 saturated heterocycles. The Balaban J connectivity index is 1.96. The van der Waals surface area contributed by atoms with Gasteiger partial charge in [0.15, 0.2) is 0 Å². The largest absolute Gasteiger partial charge is 0.381 e. The number of hydrogen-bond acceptors (Lipinski definition) is 4. The van der Waals surface area contributed by atoms with Gasteiger partial charge in [0.2, 0.25) is 0 Å². The highest BCUT2D eigenvalue weighted by atomic mass is 16.5. The van der Waals surface area contributed by atoms with E-state index in [1.807, 2.05) is 11.6 Å². The minimum atomic E-state index is -0.00995. The molecule has 0 atom stereocenters. The van der Waals surface area contributed by atoms with Crippen LogP contribution in [0.15, 0.2) is 0 Å². The van der Waals surface area contributed by atoms with Crippen molar-refractivity contribution in [2.45, 2.75) is 52.0 Å². The molecule has 3 rings (SSSR count). The summed E-state index contributed by atoms with van der Waals surface area (Å²) in [5.41, 5.74) is 2.91. The minimum absolute atomic E-state index is 0.00995. The van der Waals surface area contributed by atoms with Gasteiger partial charge in [0.1, 0.15) is 5.69 Å². The van der Waals surface area contributed by atoms with E-state index >= 15 is 0 Å². The number of unbranched alkanes of at least 4 members (excludes halogenated alkanes) is 1. The van der Waals surface area contributed by atoms with Gasteiger partial charge in [-0.05, 0) is 44.4 Å². The molecule has 1 N–H and O–H groups in total. The van der Waals surface area contributed by atoms with Crippen molar-refractivity contribution in [1.29, 1.82) is 5.26 Å². The fourth-order valence-electron chi connectivity index (χ4n) is 3.70. The third kappa shape index (κ3) is 3.11. The summed E-state index contributed by atoms with van der Waals surface area (Å²) >= 11 is 0. The predicted molar refractivity (Wildman–Crippen MR) is 85.0 cm³/mol. The zero-order valence-corrected chi connectivity index (χ0v) is 13.7. The first kappa shape index (κ1) is 16.0. The molecule has 1 amide bonds. The molecule has 6 heteroatoms. The molecule has 23 heavy (non-hydrogen) atoms. The van der Waals surface area contributed by atoms with Crippen molar-refractivity contribution < 1.29 is 9.53 Å². The Morgan fingerprint density at radius 2 is 2.22 bits per heavy atom. The molecule has 6 nitrogen and oxygen atoms in total. The molecule has 2 aliphatic heterocycles. The highest BCUT2D eigenvalue weighted by molar-refractivity contribution is 5.94. The monoisotopic (exact) mass is 316 g/mol. The first-order valence-electron chi connectivity index (χ1n) is 8.50. The van der Waals surface area contributed by atoms with Crippen LogP contribution >= 0.6 is 0 Å². The Morgan fingerprint density at radius 3 is 2.91 bits per heavy atom. The van der Waals surface area contributed by atoms with Crippen LogP contribution in [-0.2, 0) is 24.1 Å². The Kier molecular flexibility index (Phi) is 4.67. The molecule has 0 bridgehead atoms. The van der Waals surface area contributed by atoms with Crippen LogP contribution in [0.4, 0.5) is 0 Å². The summed E-state index contributed by atoms with van der Waals surface area (Å²) < 4.78 is 7.34. The van der Waals surface area contributed by atoms with E-state index in [0.717, 1.165) is 62.3 Å². The SMILES string of the molecule is CCn1nc(CCCC#N)c2c1C(=O)NCC1(CCOCC1)C2. The summed E-state index contributed by atoms with van der Waals surface area (Å²) in [6.07, 6.45) is 4.92. The molecule has 1 aromatic rings. The lowest BCUT2D eigenvalue weighted by Gasteiger charge is -2.36. The van der Waals surface area contributed by atoms with Crippen molar-refractivity contribution in [1.82, 2.24) is 15.1 Å². The van der Waals surface area contributed by atoms with Crippen LogP contribution in [0.2, 0.25) is 0 Å².